The number of rotatable bonds is 21. The Morgan fingerprint density at radius 1 is 0.206 bits per heavy atom. The summed E-state index contributed by atoms with van der Waals surface area (Å²) in [6.45, 7) is 99.2. The van der Waals surface area contributed by atoms with Gasteiger partial charge in [-0.3, -0.25) is 0 Å². The maximum atomic E-state index is 3.02. The fourth-order valence-corrected chi connectivity index (χ4v) is 103. The third-order valence-corrected chi connectivity index (χ3v) is 78.0. The molecule has 0 heterocycles. The number of hydrogen-bond acceptors (Lipinski definition) is 0. The van der Waals surface area contributed by atoms with Crippen LogP contribution in [-0.4, -0.2) is 123 Å². The van der Waals surface area contributed by atoms with Crippen LogP contribution in [-0.2, 0) is 0 Å². The predicted octanol–water partition coefficient (Wildman–Crippen LogP) is 18.0. The Kier molecular flexibility index (Phi) is 20.9. The van der Waals surface area contributed by atoms with Crippen molar-refractivity contribution in [2.24, 2.45) is 0 Å². The van der Waals surface area contributed by atoms with E-state index in [0.717, 1.165) is 31.0 Å². The minimum atomic E-state index is -1.66. The molecular formula is C54H118Se2Si12. The second-order valence-corrected chi connectivity index (χ2v) is 108. The van der Waals surface area contributed by atoms with Gasteiger partial charge in [0.25, 0.3) is 0 Å². The van der Waals surface area contributed by atoms with Crippen molar-refractivity contribution in [3.05, 3.63) is 57.6 Å². The number of hydrogen-bond donors (Lipinski definition) is 0. The average molecular weight is 1260 g/mol. The molecule has 2 rings (SSSR count). The summed E-state index contributed by atoms with van der Waals surface area (Å²) in [5, 5.41) is 4.51. The van der Waals surface area contributed by atoms with E-state index in [2.05, 4.69) is 260 Å². The van der Waals surface area contributed by atoms with E-state index >= 15 is 0 Å². The van der Waals surface area contributed by atoms with E-state index in [1.807, 2.05) is 31.2 Å². The summed E-state index contributed by atoms with van der Waals surface area (Å²) in [4.78, 5) is 0. The zero-order chi connectivity index (χ0) is 54.3. The Labute approximate surface area is 452 Å². The van der Waals surface area contributed by atoms with Crippen LogP contribution in [0.15, 0.2) is 24.3 Å². The van der Waals surface area contributed by atoms with Gasteiger partial charge in [0.1, 0.15) is 0 Å². The van der Waals surface area contributed by atoms with Crippen molar-refractivity contribution in [3.8, 4) is 0 Å². The second-order valence-electron chi connectivity index (χ2n) is 35.2. The summed E-state index contributed by atoms with van der Waals surface area (Å²) in [7, 11) is -19.6. The quantitative estimate of drug-likeness (QED) is 0.109. The van der Waals surface area contributed by atoms with Gasteiger partial charge in [-0.25, -0.2) is 0 Å². The van der Waals surface area contributed by atoms with E-state index in [1.165, 1.54) is 0 Å². The fraction of sp³-hybridized carbons (Fsp3) is 0.778. The van der Waals surface area contributed by atoms with Crippen molar-refractivity contribution in [1.82, 2.24) is 0 Å². The minimum absolute atomic E-state index is 0.383. The normalized spacial score (nSPS) is 15.4. The first-order chi connectivity index (χ1) is 29.4. The van der Waals surface area contributed by atoms with Gasteiger partial charge in [0.2, 0.25) is 0 Å². The van der Waals surface area contributed by atoms with Crippen LogP contribution >= 0.6 is 0 Å². The third-order valence-electron chi connectivity index (χ3n) is 14.8. The Hall–Kier alpha value is 2.08. The first-order valence-corrected chi connectivity index (χ1v) is 76.1. The van der Waals surface area contributed by atoms with E-state index in [0.29, 0.717) is 26.3 Å². The molecule has 2 aromatic rings. The summed E-state index contributed by atoms with van der Waals surface area (Å²) in [6, 6.07) is 12.1. The van der Waals surface area contributed by atoms with Gasteiger partial charge in [0.05, 0.1) is 0 Å². The van der Waals surface area contributed by atoms with Crippen molar-refractivity contribution in [3.63, 3.8) is 0 Å². The summed E-state index contributed by atoms with van der Waals surface area (Å²) >= 11 is 0.766. The van der Waals surface area contributed by atoms with Crippen molar-refractivity contribution >= 4 is 132 Å². The van der Waals surface area contributed by atoms with Gasteiger partial charge < -0.3 is 0 Å². The van der Waals surface area contributed by atoms with Crippen molar-refractivity contribution in [2.45, 2.75) is 267 Å². The SMILES string of the molecule is C[Si](C)(C)C(c1cc(C([Si](C)(C)C)[Si](C)(C)C)c([Se][Se]c2c(C([Si](C)(C)C)[Si](C)(C)C)cc(C([Si](C)(C)C)[Si](C)(C)C)cc2C([Si](C)(C)C)[Si](C)(C)C)c(C([Si](C)(C)C)[Si](C)(C)C)c1)[Si](C)(C)C. The first-order valence-electron chi connectivity index (χ1n) is 27.1. The summed E-state index contributed by atoms with van der Waals surface area (Å²) < 4.78 is 3.91. The standard InChI is InChI=1S/C54H118Se2Si12/c1-57(2,3)49(58(4,5)6)41-37-43(51(61(13,14)15)62(16,17)18)47(44(38-41)52(63(19,20)21)64(22,23)24)55-56-48-45(53(65(25,26)27)66(28,29)30)39-42(50(59(7,8)9)60(10,11)12)40-46(48)54(67(31,32)33)68(34,35)36/h37-40,49-54H,1-36H3. The molecule has 68 heavy (non-hydrogen) atoms. The molecule has 0 spiro atoms. The third kappa shape index (κ3) is 16.8. The molecule has 0 saturated carbocycles. The van der Waals surface area contributed by atoms with E-state index in [9.17, 15) is 0 Å². The molecule has 0 saturated heterocycles. The van der Waals surface area contributed by atoms with Crippen LogP contribution < -0.4 is 8.92 Å². The molecule has 0 unspecified atom stereocenters. The zero-order valence-corrected chi connectivity index (χ0v) is 68.0. The molecule has 0 bridgehead atoms. The molecule has 394 valence electrons. The van der Waals surface area contributed by atoms with E-state index in [4.69, 9.17) is 0 Å². The molecule has 0 aromatic heterocycles. The van der Waals surface area contributed by atoms with Crippen molar-refractivity contribution < 1.29 is 0 Å². The molecular weight excluding hydrogens is 1140 g/mol. The Balaban J connectivity index is 3.76. The van der Waals surface area contributed by atoms with Crippen LogP contribution in [0.2, 0.25) is 236 Å². The van der Waals surface area contributed by atoms with Gasteiger partial charge in [0.15, 0.2) is 0 Å². The molecule has 0 aliphatic rings. The molecule has 14 heteroatoms. The zero-order valence-electron chi connectivity index (χ0n) is 52.6. The monoisotopic (exact) mass is 1260 g/mol. The van der Waals surface area contributed by atoms with Gasteiger partial charge in [-0.2, -0.15) is 0 Å². The van der Waals surface area contributed by atoms with E-state index < -0.39 is 96.9 Å². The molecule has 0 atom stereocenters. The first kappa shape index (κ1) is 66.2. The van der Waals surface area contributed by atoms with Crippen LogP contribution in [0.4, 0.5) is 0 Å². The molecule has 2 aromatic carbocycles. The summed E-state index contributed by atoms with van der Waals surface area (Å²) in [5.41, 5.74) is 11.3. The molecule has 0 N–H and O–H groups in total. The molecule has 0 amide bonds. The topological polar surface area (TPSA) is 0 Å². The average Bonchev–Trinajstić information content (AvgIpc) is 2.92. The Morgan fingerprint density at radius 2 is 0.324 bits per heavy atom. The predicted molar refractivity (Wildman–Crippen MR) is 360 cm³/mol. The molecule has 0 fully saturated rings. The van der Waals surface area contributed by atoms with Crippen LogP contribution in [0.3, 0.4) is 0 Å². The Morgan fingerprint density at radius 3 is 0.426 bits per heavy atom. The van der Waals surface area contributed by atoms with Gasteiger partial charge >= 0.3 is 456 Å². The van der Waals surface area contributed by atoms with Crippen LogP contribution in [0, 0.1) is 0 Å². The molecule has 0 aliphatic heterocycles. The molecule has 0 nitrogen and oxygen atoms in total. The van der Waals surface area contributed by atoms with Crippen LogP contribution in [0.5, 0.6) is 0 Å². The van der Waals surface area contributed by atoms with Crippen molar-refractivity contribution in [2.75, 3.05) is 0 Å². The van der Waals surface area contributed by atoms with Gasteiger partial charge in [-0.15, -0.1) is 0 Å². The molecule has 0 aliphatic carbocycles. The van der Waals surface area contributed by atoms with E-state index in [-0.39, 0.29) is 0 Å². The van der Waals surface area contributed by atoms with Crippen molar-refractivity contribution in [1.29, 1.82) is 0 Å². The summed E-state index contributed by atoms with van der Waals surface area (Å²) in [5.74, 6) is 0. The fourth-order valence-electron chi connectivity index (χ4n) is 16.4. The second kappa shape index (κ2) is 21.5. The van der Waals surface area contributed by atoms with Gasteiger partial charge in [-0.05, 0) is 0 Å². The van der Waals surface area contributed by atoms with E-state index in [1.54, 1.807) is 11.1 Å². The molecule has 0 radical (unpaired) electrons. The van der Waals surface area contributed by atoms with Gasteiger partial charge in [0, 0.05) is 0 Å². The van der Waals surface area contributed by atoms with Crippen LogP contribution in [0.25, 0.3) is 0 Å². The summed E-state index contributed by atoms with van der Waals surface area (Å²) in [6.07, 6.45) is 0. The Bertz CT molecular complexity index is 1690. The van der Waals surface area contributed by atoms with Gasteiger partial charge in [-0.1, -0.05) is 0 Å². The van der Waals surface area contributed by atoms with Crippen LogP contribution in [0.1, 0.15) is 64.4 Å². The maximum absolute atomic E-state index is 3.02. The number of benzene rings is 2.